The average Bonchev–Trinajstić information content (AvgIpc) is 2.41. The summed E-state index contributed by atoms with van der Waals surface area (Å²) in [6, 6.07) is 10.4. The van der Waals surface area contributed by atoms with Crippen LogP contribution < -0.4 is 5.11 Å². The van der Waals surface area contributed by atoms with Crippen molar-refractivity contribution < 1.29 is 9.59 Å². The van der Waals surface area contributed by atoms with E-state index in [0.29, 0.717) is 5.76 Å². The molecule has 0 saturated carbocycles. The van der Waals surface area contributed by atoms with E-state index in [2.05, 4.69) is 31.3 Å². The first kappa shape index (κ1) is 11.2. The van der Waals surface area contributed by atoms with Crippen molar-refractivity contribution in [3.05, 3.63) is 47.9 Å². The van der Waals surface area contributed by atoms with Gasteiger partial charge in [0.1, 0.15) is 6.54 Å². The lowest BCUT2D eigenvalue weighted by Gasteiger charge is -2.31. The lowest BCUT2D eigenvalue weighted by atomic mass is 10.2. The smallest absolute Gasteiger partial charge is 0.108 e. The first-order valence-corrected chi connectivity index (χ1v) is 5.95. The van der Waals surface area contributed by atoms with Gasteiger partial charge in [0.2, 0.25) is 0 Å². The van der Waals surface area contributed by atoms with Crippen LogP contribution in [0.3, 0.4) is 0 Å². The Balaban J connectivity index is 2.15. The van der Waals surface area contributed by atoms with Crippen LogP contribution in [0.5, 0.6) is 0 Å². The molecule has 0 saturated heterocycles. The van der Waals surface area contributed by atoms with Crippen molar-refractivity contribution in [2.45, 2.75) is 25.8 Å². The Kier molecular flexibility index (Phi) is 3.30. The Labute approximate surface area is 97.4 Å². The van der Waals surface area contributed by atoms with Gasteiger partial charge in [0.25, 0.3) is 0 Å². The zero-order valence-electron chi connectivity index (χ0n) is 9.86. The maximum absolute atomic E-state index is 11.6. The third kappa shape index (κ3) is 2.86. The van der Waals surface area contributed by atoms with Gasteiger partial charge in [0.05, 0.1) is 19.8 Å². The summed E-state index contributed by atoms with van der Waals surface area (Å²) in [5.74, 6) is 0.302. The second kappa shape index (κ2) is 4.71. The van der Waals surface area contributed by atoms with Gasteiger partial charge >= 0.3 is 0 Å². The summed E-state index contributed by atoms with van der Waals surface area (Å²) in [6.45, 7) is 1.99. The molecule has 0 amide bonds. The van der Waals surface area contributed by atoms with Crippen molar-refractivity contribution >= 4 is 0 Å². The molecule has 1 heterocycles. The molecule has 1 atom stereocenters. The molecule has 0 radical (unpaired) electrons. The topological polar surface area (TPSA) is 23.1 Å². The molecule has 2 rings (SSSR count). The van der Waals surface area contributed by atoms with E-state index in [9.17, 15) is 5.11 Å². The highest BCUT2D eigenvalue weighted by atomic mass is 16.3. The highest BCUT2D eigenvalue weighted by Gasteiger charge is 2.20. The Morgan fingerprint density at radius 2 is 1.94 bits per heavy atom. The van der Waals surface area contributed by atoms with Crippen molar-refractivity contribution in [2.75, 3.05) is 13.6 Å². The molecule has 1 aromatic rings. The summed E-state index contributed by atoms with van der Waals surface area (Å²) in [4.78, 5) is 0. The van der Waals surface area contributed by atoms with E-state index in [1.54, 1.807) is 0 Å². The van der Waals surface area contributed by atoms with E-state index >= 15 is 0 Å². The number of hydrogen-bond donors (Lipinski definition) is 0. The predicted octanol–water partition coefficient (Wildman–Crippen LogP) is 2.02. The lowest BCUT2D eigenvalue weighted by molar-refractivity contribution is -0.874. The van der Waals surface area contributed by atoms with E-state index in [1.165, 1.54) is 5.56 Å². The van der Waals surface area contributed by atoms with Gasteiger partial charge in [0.15, 0.2) is 0 Å². The van der Waals surface area contributed by atoms with Gasteiger partial charge in [-0.1, -0.05) is 36.1 Å². The molecule has 0 fully saturated rings. The fourth-order valence-corrected chi connectivity index (χ4v) is 2.37. The van der Waals surface area contributed by atoms with Gasteiger partial charge in [-0.05, 0) is 19.3 Å². The van der Waals surface area contributed by atoms with Crippen LogP contribution in [0.15, 0.2) is 42.3 Å². The third-order valence-electron chi connectivity index (χ3n) is 3.18. The average molecular weight is 217 g/mol. The normalized spacial score (nSPS) is 25.9. The molecule has 1 aromatic carbocycles. The second-order valence-corrected chi connectivity index (χ2v) is 4.90. The zero-order valence-corrected chi connectivity index (χ0v) is 9.86. The minimum absolute atomic E-state index is 0.302. The molecule has 0 bridgehead atoms. The number of quaternary nitrogens is 1. The van der Waals surface area contributed by atoms with Crippen LogP contribution in [-0.4, -0.2) is 18.1 Å². The standard InChI is InChI=1S/C14H19NO/c1-15(10-6-5-9-14(16)12-15)11-13-7-3-2-4-8-13/h2-4,7-8,12H,5-6,9-11H2,1H3. The van der Waals surface area contributed by atoms with Crippen LogP contribution >= 0.6 is 0 Å². The van der Waals surface area contributed by atoms with Crippen molar-refractivity contribution in [3.8, 4) is 0 Å². The van der Waals surface area contributed by atoms with Crippen molar-refractivity contribution in [1.29, 1.82) is 0 Å². The molecule has 0 spiro atoms. The molecule has 16 heavy (non-hydrogen) atoms. The Morgan fingerprint density at radius 1 is 1.19 bits per heavy atom. The SMILES string of the molecule is C[N+]1(Cc2ccccc2)C=C([O-])CCCC1. The first-order chi connectivity index (χ1) is 7.68. The molecule has 0 N–H and O–H groups in total. The molecule has 1 unspecified atom stereocenters. The molecular formula is C14H19NO. The van der Waals surface area contributed by atoms with E-state index in [-0.39, 0.29) is 0 Å². The molecular weight excluding hydrogens is 198 g/mol. The predicted molar refractivity (Wildman–Crippen MR) is 63.1 cm³/mol. The molecule has 2 heteroatoms. The number of nitrogens with zero attached hydrogens (tertiary/aromatic N) is 1. The van der Waals surface area contributed by atoms with Gasteiger partial charge in [-0.25, -0.2) is 0 Å². The van der Waals surface area contributed by atoms with Gasteiger partial charge < -0.3 is 5.11 Å². The van der Waals surface area contributed by atoms with Crippen molar-refractivity contribution in [1.82, 2.24) is 0 Å². The maximum atomic E-state index is 11.6. The molecule has 86 valence electrons. The van der Waals surface area contributed by atoms with Gasteiger partial charge in [0, 0.05) is 5.56 Å². The van der Waals surface area contributed by atoms with E-state index in [4.69, 9.17) is 0 Å². The van der Waals surface area contributed by atoms with E-state index in [1.807, 2.05) is 12.3 Å². The Morgan fingerprint density at radius 3 is 2.69 bits per heavy atom. The van der Waals surface area contributed by atoms with Crippen LogP contribution in [0.25, 0.3) is 0 Å². The summed E-state index contributed by atoms with van der Waals surface area (Å²) in [5.41, 5.74) is 1.30. The van der Waals surface area contributed by atoms with Crippen molar-refractivity contribution in [2.24, 2.45) is 0 Å². The van der Waals surface area contributed by atoms with Crippen LogP contribution in [0, 0.1) is 0 Å². The monoisotopic (exact) mass is 217 g/mol. The van der Waals surface area contributed by atoms with Crippen molar-refractivity contribution in [3.63, 3.8) is 0 Å². The van der Waals surface area contributed by atoms with Gasteiger partial charge in [-0.3, -0.25) is 4.48 Å². The summed E-state index contributed by atoms with van der Waals surface area (Å²) in [6.07, 6.45) is 4.81. The third-order valence-corrected chi connectivity index (χ3v) is 3.18. The van der Waals surface area contributed by atoms with Crippen LogP contribution in [-0.2, 0) is 6.54 Å². The Bertz CT molecular complexity index is 372. The number of hydrogen-bond acceptors (Lipinski definition) is 1. The molecule has 0 aromatic heterocycles. The molecule has 0 aliphatic carbocycles. The number of benzene rings is 1. The fourth-order valence-electron chi connectivity index (χ4n) is 2.37. The van der Waals surface area contributed by atoms with Gasteiger partial charge in [-0.2, -0.15) is 0 Å². The van der Waals surface area contributed by atoms with Crippen LogP contribution in [0.1, 0.15) is 24.8 Å². The highest BCUT2D eigenvalue weighted by Crippen LogP contribution is 2.20. The summed E-state index contributed by atoms with van der Waals surface area (Å²) >= 11 is 0. The van der Waals surface area contributed by atoms with E-state index < -0.39 is 0 Å². The fraction of sp³-hybridized carbons (Fsp3) is 0.429. The second-order valence-electron chi connectivity index (χ2n) is 4.90. The summed E-state index contributed by atoms with van der Waals surface area (Å²) < 4.78 is 0.753. The Hall–Kier alpha value is -1.28. The minimum atomic E-state index is 0.302. The summed E-state index contributed by atoms with van der Waals surface area (Å²) in [5, 5.41) is 11.6. The largest absolute Gasteiger partial charge is 0.872 e. The molecule has 2 nitrogen and oxygen atoms in total. The lowest BCUT2D eigenvalue weighted by Crippen LogP contribution is -2.38. The first-order valence-electron chi connectivity index (χ1n) is 5.95. The molecule has 1 aliphatic heterocycles. The number of allylic oxidation sites excluding steroid dienone is 1. The van der Waals surface area contributed by atoms with Crippen LogP contribution in [0.2, 0.25) is 0 Å². The van der Waals surface area contributed by atoms with E-state index in [0.717, 1.165) is 36.8 Å². The molecule has 1 aliphatic rings. The quantitative estimate of drug-likeness (QED) is 0.695. The highest BCUT2D eigenvalue weighted by molar-refractivity contribution is 5.13. The van der Waals surface area contributed by atoms with Crippen LogP contribution in [0.4, 0.5) is 0 Å². The number of rotatable bonds is 2. The van der Waals surface area contributed by atoms with Gasteiger partial charge in [-0.15, -0.1) is 0 Å². The minimum Gasteiger partial charge on any atom is -0.872 e. The maximum Gasteiger partial charge on any atom is 0.108 e. The summed E-state index contributed by atoms with van der Waals surface area (Å²) in [7, 11) is 2.15. The zero-order chi connectivity index (χ0) is 11.4.